The first kappa shape index (κ1) is 21.6. The molecule has 0 amide bonds. The number of imidazole rings is 1. The van der Waals surface area contributed by atoms with Crippen LogP contribution in [0.3, 0.4) is 0 Å². The molecule has 0 saturated carbocycles. The van der Waals surface area contributed by atoms with Gasteiger partial charge in [0.15, 0.2) is 11.5 Å². The average Bonchev–Trinajstić information content (AvgIpc) is 3.26. The van der Waals surface area contributed by atoms with Crippen molar-refractivity contribution in [3.05, 3.63) is 93.8 Å². The molecular formula is C25H20N4O4. The fraction of sp³-hybridized carbons (Fsp3) is 0.120. The maximum absolute atomic E-state index is 10.8. The van der Waals surface area contributed by atoms with Crippen LogP contribution in [0.2, 0.25) is 0 Å². The quantitative estimate of drug-likeness (QED) is 0.219. The molecule has 0 aliphatic carbocycles. The van der Waals surface area contributed by atoms with Crippen molar-refractivity contribution in [3.8, 4) is 17.6 Å². The molecule has 8 nitrogen and oxygen atoms in total. The highest BCUT2D eigenvalue weighted by Crippen LogP contribution is 2.31. The fourth-order valence-corrected chi connectivity index (χ4v) is 3.28. The Morgan fingerprint density at radius 3 is 2.61 bits per heavy atom. The normalized spacial score (nSPS) is 11.2. The van der Waals surface area contributed by atoms with E-state index in [1.807, 2.05) is 37.3 Å². The van der Waals surface area contributed by atoms with Gasteiger partial charge in [0.25, 0.3) is 5.69 Å². The van der Waals surface area contributed by atoms with E-state index < -0.39 is 4.92 Å². The highest BCUT2D eigenvalue weighted by atomic mass is 16.6. The number of hydrogen-bond donors (Lipinski definition) is 1. The van der Waals surface area contributed by atoms with Gasteiger partial charge in [0.2, 0.25) is 0 Å². The van der Waals surface area contributed by atoms with Crippen molar-refractivity contribution in [1.82, 2.24) is 9.97 Å². The predicted octanol–water partition coefficient (Wildman–Crippen LogP) is 5.51. The number of aromatic amines is 1. The lowest BCUT2D eigenvalue weighted by Gasteiger charge is -2.13. The van der Waals surface area contributed by atoms with Gasteiger partial charge in [-0.15, -0.1) is 0 Å². The number of nitro groups is 1. The smallest absolute Gasteiger partial charge is 0.269 e. The zero-order valence-corrected chi connectivity index (χ0v) is 17.8. The lowest BCUT2D eigenvalue weighted by Crippen LogP contribution is -2.00. The van der Waals surface area contributed by atoms with E-state index in [0.29, 0.717) is 29.5 Å². The first-order valence-corrected chi connectivity index (χ1v) is 10.3. The monoisotopic (exact) mass is 440 g/mol. The molecule has 3 aromatic carbocycles. The van der Waals surface area contributed by atoms with Gasteiger partial charge in [-0.2, -0.15) is 5.26 Å². The average molecular weight is 440 g/mol. The summed E-state index contributed by atoms with van der Waals surface area (Å²) in [6, 6.07) is 21.4. The first-order chi connectivity index (χ1) is 16.1. The van der Waals surface area contributed by atoms with Crippen LogP contribution in [-0.4, -0.2) is 21.5 Å². The Hall–Kier alpha value is -4.64. The van der Waals surface area contributed by atoms with E-state index in [-0.39, 0.29) is 12.3 Å². The van der Waals surface area contributed by atoms with Crippen LogP contribution < -0.4 is 9.47 Å². The molecule has 4 aromatic rings. The van der Waals surface area contributed by atoms with Gasteiger partial charge in [-0.1, -0.05) is 18.2 Å². The number of hydrogen-bond acceptors (Lipinski definition) is 6. The number of benzene rings is 3. The van der Waals surface area contributed by atoms with Crippen LogP contribution in [0.5, 0.6) is 11.5 Å². The van der Waals surface area contributed by atoms with Crippen LogP contribution in [0.15, 0.2) is 66.7 Å². The Bertz CT molecular complexity index is 1330. The number of H-pyrrole nitrogens is 1. The van der Waals surface area contributed by atoms with E-state index in [2.05, 4.69) is 16.0 Å². The van der Waals surface area contributed by atoms with Gasteiger partial charge >= 0.3 is 0 Å². The van der Waals surface area contributed by atoms with Gasteiger partial charge in [0.1, 0.15) is 18.5 Å². The lowest BCUT2D eigenvalue weighted by molar-refractivity contribution is -0.384. The molecule has 1 aromatic heterocycles. The zero-order valence-electron chi connectivity index (χ0n) is 17.8. The predicted molar refractivity (Wildman–Crippen MR) is 125 cm³/mol. The highest BCUT2D eigenvalue weighted by molar-refractivity contribution is 5.90. The molecule has 0 unspecified atom stereocenters. The molecule has 8 heteroatoms. The Morgan fingerprint density at radius 1 is 1.12 bits per heavy atom. The van der Waals surface area contributed by atoms with Crippen molar-refractivity contribution in [2.75, 3.05) is 6.61 Å². The van der Waals surface area contributed by atoms with Crippen molar-refractivity contribution in [3.63, 3.8) is 0 Å². The molecular weight excluding hydrogens is 420 g/mol. The molecule has 0 bridgehead atoms. The third-order valence-electron chi connectivity index (χ3n) is 4.89. The summed E-state index contributed by atoms with van der Waals surface area (Å²) in [5, 5.41) is 20.5. The summed E-state index contributed by atoms with van der Waals surface area (Å²) in [5.74, 6) is 1.57. The molecule has 0 aliphatic rings. The molecule has 4 rings (SSSR count). The minimum absolute atomic E-state index is 0.0302. The van der Waals surface area contributed by atoms with E-state index in [1.54, 1.807) is 30.3 Å². The summed E-state index contributed by atoms with van der Waals surface area (Å²) >= 11 is 0. The number of nitriles is 1. The topological polar surface area (TPSA) is 114 Å². The maximum Gasteiger partial charge on any atom is 0.269 e. The van der Waals surface area contributed by atoms with Crippen LogP contribution in [-0.2, 0) is 6.61 Å². The van der Waals surface area contributed by atoms with Crippen molar-refractivity contribution in [2.45, 2.75) is 13.5 Å². The van der Waals surface area contributed by atoms with Gasteiger partial charge in [-0.05, 0) is 60.5 Å². The summed E-state index contributed by atoms with van der Waals surface area (Å²) in [4.78, 5) is 18.0. The molecule has 0 saturated heterocycles. The van der Waals surface area contributed by atoms with Crippen LogP contribution in [0.4, 0.5) is 5.69 Å². The summed E-state index contributed by atoms with van der Waals surface area (Å²) in [5.41, 5.74) is 3.63. The second-order valence-corrected chi connectivity index (χ2v) is 7.12. The molecule has 1 N–H and O–H groups in total. The van der Waals surface area contributed by atoms with Crippen LogP contribution in [0.1, 0.15) is 23.9 Å². The summed E-state index contributed by atoms with van der Waals surface area (Å²) in [7, 11) is 0. The fourth-order valence-electron chi connectivity index (χ4n) is 3.28. The lowest BCUT2D eigenvalue weighted by atomic mass is 10.1. The molecule has 1 heterocycles. The molecule has 0 spiro atoms. The number of ether oxygens (including phenoxy) is 2. The standard InChI is InChI=1S/C25H20N4O4/c1-2-32-24-14-18(13-19(15-26)25-27-21-5-3-4-6-22(21)28-25)9-12-23(24)33-16-17-7-10-20(11-8-17)29(30)31/h3-14H,2,16H2,1H3,(H,27,28). The van der Waals surface area contributed by atoms with Crippen molar-refractivity contribution in [1.29, 1.82) is 5.26 Å². The minimum atomic E-state index is -0.440. The van der Waals surface area contributed by atoms with Crippen LogP contribution >= 0.6 is 0 Å². The second-order valence-electron chi connectivity index (χ2n) is 7.12. The van der Waals surface area contributed by atoms with E-state index in [0.717, 1.165) is 22.2 Å². The van der Waals surface area contributed by atoms with Crippen LogP contribution in [0.25, 0.3) is 22.7 Å². The Kier molecular flexibility index (Phi) is 6.32. The number of rotatable bonds is 8. The van der Waals surface area contributed by atoms with Crippen LogP contribution in [0, 0.1) is 21.4 Å². The Morgan fingerprint density at radius 2 is 1.91 bits per heavy atom. The van der Waals surface area contributed by atoms with Gasteiger partial charge < -0.3 is 14.5 Å². The zero-order chi connectivity index (χ0) is 23.2. The molecule has 164 valence electrons. The number of para-hydroxylation sites is 2. The molecule has 33 heavy (non-hydrogen) atoms. The summed E-state index contributed by atoms with van der Waals surface area (Å²) in [6.45, 7) is 2.54. The van der Waals surface area contributed by atoms with Crippen molar-refractivity contribution in [2.24, 2.45) is 0 Å². The number of non-ortho nitro benzene ring substituents is 1. The van der Waals surface area contributed by atoms with Gasteiger partial charge in [0.05, 0.1) is 28.1 Å². The van der Waals surface area contributed by atoms with Gasteiger partial charge in [-0.3, -0.25) is 10.1 Å². The Balaban J connectivity index is 1.56. The SMILES string of the molecule is CCOc1cc(C=C(C#N)c2nc3ccccc3[nH]2)ccc1OCc1ccc([N+](=O)[O-])cc1. The first-order valence-electron chi connectivity index (χ1n) is 10.3. The number of aromatic nitrogens is 2. The summed E-state index contributed by atoms with van der Waals surface area (Å²) in [6.07, 6.45) is 1.74. The maximum atomic E-state index is 10.8. The Labute approximate surface area is 189 Å². The van der Waals surface area contributed by atoms with E-state index in [9.17, 15) is 15.4 Å². The van der Waals surface area contributed by atoms with E-state index in [1.165, 1.54) is 12.1 Å². The number of nitrogens with one attached hydrogen (secondary N) is 1. The molecule has 0 aliphatic heterocycles. The third-order valence-corrected chi connectivity index (χ3v) is 4.89. The van der Waals surface area contributed by atoms with Crippen molar-refractivity contribution >= 4 is 28.4 Å². The number of allylic oxidation sites excluding steroid dienone is 1. The summed E-state index contributed by atoms with van der Waals surface area (Å²) < 4.78 is 11.6. The molecule has 0 fully saturated rings. The highest BCUT2D eigenvalue weighted by Gasteiger charge is 2.11. The van der Waals surface area contributed by atoms with Gasteiger partial charge in [0, 0.05) is 12.1 Å². The number of nitrogens with zero attached hydrogens (tertiary/aromatic N) is 3. The second kappa shape index (κ2) is 9.66. The molecule has 0 radical (unpaired) electrons. The van der Waals surface area contributed by atoms with E-state index in [4.69, 9.17) is 9.47 Å². The minimum Gasteiger partial charge on any atom is -0.490 e. The number of nitro benzene ring substituents is 1. The largest absolute Gasteiger partial charge is 0.490 e. The van der Waals surface area contributed by atoms with Crippen molar-refractivity contribution < 1.29 is 14.4 Å². The van der Waals surface area contributed by atoms with E-state index >= 15 is 0 Å². The third kappa shape index (κ3) is 4.99. The molecule has 0 atom stereocenters. The number of fused-ring (bicyclic) bond motifs is 1. The van der Waals surface area contributed by atoms with Gasteiger partial charge in [-0.25, -0.2) is 4.98 Å².